The second kappa shape index (κ2) is 5.07. The Bertz CT molecular complexity index is 508. The number of H-pyrrole nitrogens is 1. The Morgan fingerprint density at radius 2 is 2.06 bits per heavy atom. The van der Waals surface area contributed by atoms with Crippen molar-refractivity contribution in [3.8, 4) is 5.75 Å². The molecule has 1 heterocycles. The highest BCUT2D eigenvalue weighted by Crippen LogP contribution is 2.23. The van der Waals surface area contributed by atoms with Gasteiger partial charge in [0.25, 0.3) is 0 Å². The molecule has 9 heteroatoms. The Kier molecular flexibility index (Phi) is 3.94. The van der Waals surface area contributed by atoms with Crippen molar-refractivity contribution in [2.24, 2.45) is 0 Å². The fraction of sp³-hybridized carbons (Fsp3) is 0.333. The molecular formula is C9H7F4NO4. The van der Waals surface area contributed by atoms with Crippen LogP contribution >= 0.6 is 0 Å². The molecule has 0 aliphatic carbocycles. The molecule has 1 aromatic heterocycles. The molecule has 0 aromatic carbocycles. The maximum atomic E-state index is 12.3. The molecule has 0 saturated carbocycles. The van der Waals surface area contributed by atoms with Crippen molar-refractivity contribution in [3.05, 3.63) is 27.7 Å². The van der Waals surface area contributed by atoms with Gasteiger partial charge >= 0.3 is 12.3 Å². The Morgan fingerprint density at radius 3 is 2.50 bits per heavy atom. The number of aromatic amines is 1. The molecule has 0 radical (unpaired) electrons. The van der Waals surface area contributed by atoms with Crippen molar-refractivity contribution < 1.29 is 31.8 Å². The highest BCUT2D eigenvalue weighted by atomic mass is 19.4. The molecule has 0 unspecified atom stereocenters. The number of hydrogen-bond donors (Lipinski definition) is 1. The number of rotatable bonds is 3. The molecule has 0 saturated heterocycles. The molecule has 1 N–H and O–H groups in total. The summed E-state index contributed by atoms with van der Waals surface area (Å²) in [5.41, 5.74) is -2.54. The first-order chi connectivity index (χ1) is 8.28. The average Bonchev–Trinajstić information content (AvgIpc) is 2.28. The van der Waals surface area contributed by atoms with Crippen LogP contribution in [0, 0.1) is 0 Å². The summed E-state index contributed by atoms with van der Waals surface area (Å²) < 4.78 is 56.1. The largest absolute Gasteiger partial charge is 0.573 e. The lowest BCUT2D eigenvalue weighted by molar-refractivity contribution is -0.275. The van der Waals surface area contributed by atoms with Crippen LogP contribution in [0.2, 0.25) is 0 Å². The summed E-state index contributed by atoms with van der Waals surface area (Å²) in [5, 5.41) is 0. The molecule has 0 aliphatic rings. The van der Waals surface area contributed by atoms with Crippen LogP contribution in [0.5, 0.6) is 5.75 Å². The van der Waals surface area contributed by atoms with E-state index in [0.29, 0.717) is 6.07 Å². The molecule has 100 valence electrons. The zero-order valence-corrected chi connectivity index (χ0v) is 8.93. The molecular weight excluding hydrogens is 262 g/mol. The molecule has 0 fully saturated rings. The van der Waals surface area contributed by atoms with Crippen LogP contribution in [0.4, 0.5) is 17.6 Å². The van der Waals surface area contributed by atoms with E-state index in [2.05, 4.69) is 9.47 Å². The van der Waals surface area contributed by atoms with E-state index in [1.54, 1.807) is 0 Å². The zero-order valence-electron chi connectivity index (χ0n) is 8.93. The van der Waals surface area contributed by atoms with Gasteiger partial charge < -0.3 is 14.5 Å². The molecule has 1 aromatic rings. The maximum Gasteiger partial charge on any atom is 0.573 e. The Labute approximate surface area is 97.3 Å². The van der Waals surface area contributed by atoms with Crippen molar-refractivity contribution >= 4 is 5.97 Å². The van der Waals surface area contributed by atoms with Gasteiger partial charge in [0.15, 0.2) is 5.69 Å². The first-order valence-electron chi connectivity index (χ1n) is 4.44. The number of alkyl halides is 4. The summed E-state index contributed by atoms with van der Waals surface area (Å²) in [6.07, 6.45) is -5.16. The summed E-state index contributed by atoms with van der Waals surface area (Å²) in [5.74, 6) is -2.56. The predicted molar refractivity (Wildman–Crippen MR) is 49.9 cm³/mol. The molecule has 0 bridgehead atoms. The van der Waals surface area contributed by atoms with E-state index in [0.717, 1.165) is 7.11 Å². The van der Waals surface area contributed by atoms with E-state index in [-0.39, 0.29) is 5.69 Å². The molecule has 1 rings (SSSR count). The lowest BCUT2D eigenvalue weighted by Gasteiger charge is -2.12. The van der Waals surface area contributed by atoms with Gasteiger partial charge in [0, 0.05) is 6.07 Å². The third kappa shape index (κ3) is 3.22. The van der Waals surface area contributed by atoms with Crippen molar-refractivity contribution in [1.29, 1.82) is 0 Å². The van der Waals surface area contributed by atoms with Gasteiger partial charge in [0.05, 0.1) is 12.8 Å². The van der Waals surface area contributed by atoms with Crippen molar-refractivity contribution in [1.82, 2.24) is 4.98 Å². The average molecular weight is 269 g/mol. The summed E-state index contributed by atoms with van der Waals surface area (Å²) in [4.78, 5) is 24.5. The van der Waals surface area contributed by atoms with Crippen LogP contribution < -0.4 is 10.2 Å². The van der Waals surface area contributed by atoms with Crippen LogP contribution in [0.15, 0.2) is 10.9 Å². The number of ether oxygens (including phenoxy) is 2. The van der Waals surface area contributed by atoms with E-state index in [4.69, 9.17) is 0 Å². The number of nitrogens with one attached hydrogen (secondary N) is 1. The van der Waals surface area contributed by atoms with E-state index < -0.39 is 35.9 Å². The number of methoxy groups -OCH3 is 1. The zero-order chi connectivity index (χ0) is 13.9. The Hall–Kier alpha value is -2.06. The van der Waals surface area contributed by atoms with Gasteiger partial charge in [-0.2, -0.15) is 0 Å². The van der Waals surface area contributed by atoms with Gasteiger partial charge in [0.1, 0.15) is 6.67 Å². The first-order valence-corrected chi connectivity index (χ1v) is 4.44. The highest BCUT2D eigenvalue weighted by Gasteiger charge is 2.35. The van der Waals surface area contributed by atoms with Gasteiger partial charge in [-0.1, -0.05) is 0 Å². The van der Waals surface area contributed by atoms with E-state index >= 15 is 0 Å². The van der Waals surface area contributed by atoms with Gasteiger partial charge in [0.2, 0.25) is 11.2 Å². The minimum absolute atomic E-state index is 0.366. The SMILES string of the molecule is COC(=O)c1[nH]c(CF)cc(=O)c1OC(F)(F)F. The minimum atomic E-state index is -5.16. The standard InChI is InChI=1S/C9H7F4NO4/c1-17-8(16)6-7(18-9(11,12)13)5(15)2-4(3-10)14-6/h2H,3H2,1H3,(H,14,15). The predicted octanol–water partition coefficient (Wildman–Crippen LogP) is 1.53. The fourth-order valence-electron chi connectivity index (χ4n) is 1.14. The minimum Gasteiger partial charge on any atom is -0.464 e. The fourth-order valence-corrected chi connectivity index (χ4v) is 1.14. The number of esters is 1. The topological polar surface area (TPSA) is 68.4 Å². The number of carbonyl (C=O) groups excluding carboxylic acids is 1. The summed E-state index contributed by atoms with van der Waals surface area (Å²) >= 11 is 0. The third-order valence-electron chi connectivity index (χ3n) is 1.79. The quantitative estimate of drug-likeness (QED) is 0.667. The van der Waals surface area contributed by atoms with Gasteiger partial charge in [-0.25, -0.2) is 9.18 Å². The summed E-state index contributed by atoms with van der Waals surface area (Å²) in [6, 6.07) is 0.563. The van der Waals surface area contributed by atoms with E-state index in [1.165, 1.54) is 0 Å². The highest BCUT2D eigenvalue weighted by molar-refractivity contribution is 5.90. The van der Waals surface area contributed by atoms with Crippen LogP contribution in [0.25, 0.3) is 0 Å². The van der Waals surface area contributed by atoms with Crippen molar-refractivity contribution in [3.63, 3.8) is 0 Å². The second-order valence-corrected chi connectivity index (χ2v) is 3.04. The second-order valence-electron chi connectivity index (χ2n) is 3.04. The number of carbonyl (C=O) groups is 1. The molecule has 0 atom stereocenters. The third-order valence-corrected chi connectivity index (χ3v) is 1.79. The monoisotopic (exact) mass is 269 g/mol. The van der Waals surface area contributed by atoms with Crippen LogP contribution in [-0.2, 0) is 11.4 Å². The molecule has 0 amide bonds. The van der Waals surface area contributed by atoms with Gasteiger partial charge in [-0.05, 0) is 0 Å². The van der Waals surface area contributed by atoms with Crippen LogP contribution in [0.1, 0.15) is 16.2 Å². The normalized spacial score (nSPS) is 11.2. The summed E-state index contributed by atoms with van der Waals surface area (Å²) in [7, 11) is 0.889. The van der Waals surface area contributed by atoms with Gasteiger partial charge in [-0.3, -0.25) is 4.79 Å². The molecule has 0 aliphatic heterocycles. The van der Waals surface area contributed by atoms with E-state index in [9.17, 15) is 27.2 Å². The smallest absolute Gasteiger partial charge is 0.464 e. The Morgan fingerprint density at radius 1 is 1.44 bits per heavy atom. The molecule has 18 heavy (non-hydrogen) atoms. The molecule has 0 spiro atoms. The Balaban J connectivity index is 3.38. The summed E-state index contributed by atoms with van der Waals surface area (Å²) in [6.45, 7) is -1.16. The van der Waals surface area contributed by atoms with Crippen LogP contribution in [0.3, 0.4) is 0 Å². The first kappa shape index (κ1) is 14.0. The molecule has 5 nitrogen and oxygen atoms in total. The maximum absolute atomic E-state index is 12.3. The lowest BCUT2D eigenvalue weighted by Crippen LogP contribution is -2.25. The number of halogens is 4. The van der Waals surface area contributed by atoms with Gasteiger partial charge in [-0.15, -0.1) is 13.2 Å². The van der Waals surface area contributed by atoms with E-state index in [1.807, 2.05) is 4.98 Å². The number of pyridine rings is 1. The van der Waals surface area contributed by atoms with Crippen molar-refractivity contribution in [2.45, 2.75) is 13.0 Å². The lowest BCUT2D eigenvalue weighted by atomic mass is 10.2. The number of hydrogen-bond acceptors (Lipinski definition) is 4. The van der Waals surface area contributed by atoms with Crippen LogP contribution in [-0.4, -0.2) is 24.4 Å². The number of aromatic nitrogens is 1. The van der Waals surface area contributed by atoms with Crippen molar-refractivity contribution in [2.75, 3.05) is 7.11 Å².